The summed E-state index contributed by atoms with van der Waals surface area (Å²) in [4.78, 5) is 29.0. The average Bonchev–Trinajstić information content (AvgIpc) is 2.46. The highest BCUT2D eigenvalue weighted by atomic mass is 16.2. The first-order chi connectivity index (χ1) is 9.49. The number of rotatable bonds is 5. The monoisotopic (exact) mass is 284 g/mol. The zero-order valence-electron chi connectivity index (χ0n) is 13.2. The molecule has 0 spiro atoms. The fraction of sp³-hybridized carbons (Fsp3) is 0.857. The molecule has 6 nitrogen and oxygen atoms in total. The molecule has 0 saturated carbocycles. The van der Waals surface area contributed by atoms with E-state index in [1.807, 2.05) is 23.6 Å². The van der Waals surface area contributed by atoms with Gasteiger partial charge in [0.05, 0.1) is 6.54 Å². The van der Waals surface area contributed by atoms with Gasteiger partial charge in [0, 0.05) is 46.3 Å². The van der Waals surface area contributed by atoms with Crippen LogP contribution < -0.4 is 5.32 Å². The van der Waals surface area contributed by atoms with E-state index >= 15 is 0 Å². The zero-order chi connectivity index (χ0) is 15.1. The Morgan fingerprint density at radius 2 is 1.70 bits per heavy atom. The minimum Gasteiger partial charge on any atom is -0.342 e. The van der Waals surface area contributed by atoms with Gasteiger partial charge in [-0.1, -0.05) is 0 Å². The fourth-order valence-corrected chi connectivity index (χ4v) is 2.48. The maximum absolute atomic E-state index is 11.9. The van der Waals surface area contributed by atoms with Crippen LogP contribution in [0.15, 0.2) is 0 Å². The summed E-state index contributed by atoms with van der Waals surface area (Å²) in [6, 6.07) is 0.406. The molecular weight excluding hydrogens is 256 g/mol. The van der Waals surface area contributed by atoms with Crippen molar-refractivity contribution in [3.8, 4) is 0 Å². The summed E-state index contributed by atoms with van der Waals surface area (Å²) in [6.45, 7) is 7.41. The molecule has 0 aromatic rings. The molecule has 0 atom stereocenters. The van der Waals surface area contributed by atoms with Crippen LogP contribution in [-0.2, 0) is 4.79 Å². The molecule has 0 unspecified atom stereocenters. The minimum absolute atomic E-state index is 0.0719. The maximum Gasteiger partial charge on any atom is 0.319 e. The summed E-state index contributed by atoms with van der Waals surface area (Å²) >= 11 is 0. The van der Waals surface area contributed by atoms with Gasteiger partial charge in [0.15, 0.2) is 0 Å². The number of piperidine rings is 1. The van der Waals surface area contributed by atoms with Crippen LogP contribution in [0.5, 0.6) is 0 Å². The minimum atomic E-state index is 0.0719. The van der Waals surface area contributed by atoms with E-state index in [1.165, 1.54) is 0 Å². The van der Waals surface area contributed by atoms with Crippen molar-refractivity contribution < 1.29 is 9.59 Å². The van der Waals surface area contributed by atoms with Gasteiger partial charge in [0.25, 0.3) is 0 Å². The summed E-state index contributed by atoms with van der Waals surface area (Å²) in [5.41, 5.74) is 0. The summed E-state index contributed by atoms with van der Waals surface area (Å²) in [5.74, 6) is 0.154. The number of nitrogens with zero attached hydrogens (tertiary/aromatic N) is 3. The number of nitrogens with one attached hydrogen (secondary N) is 1. The van der Waals surface area contributed by atoms with Gasteiger partial charge in [-0.2, -0.15) is 0 Å². The Morgan fingerprint density at radius 3 is 2.15 bits per heavy atom. The number of urea groups is 1. The van der Waals surface area contributed by atoms with E-state index in [0.717, 1.165) is 39.0 Å². The zero-order valence-corrected chi connectivity index (χ0v) is 13.2. The van der Waals surface area contributed by atoms with E-state index in [2.05, 4.69) is 5.32 Å². The van der Waals surface area contributed by atoms with Crippen LogP contribution >= 0.6 is 0 Å². The highest BCUT2D eigenvalue weighted by Gasteiger charge is 2.24. The Bertz CT molecular complexity index is 321. The van der Waals surface area contributed by atoms with Crippen LogP contribution in [-0.4, -0.2) is 79.5 Å². The van der Waals surface area contributed by atoms with Crippen LogP contribution in [0.4, 0.5) is 4.79 Å². The molecule has 0 aliphatic carbocycles. The van der Waals surface area contributed by atoms with E-state index in [1.54, 1.807) is 19.0 Å². The van der Waals surface area contributed by atoms with E-state index in [-0.39, 0.29) is 11.9 Å². The van der Waals surface area contributed by atoms with Crippen molar-refractivity contribution in [3.05, 3.63) is 0 Å². The molecule has 1 aliphatic heterocycles. The highest BCUT2D eigenvalue weighted by molar-refractivity contribution is 5.78. The molecule has 3 amide bonds. The van der Waals surface area contributed by atoms with E-state index in [4.69, 9.17) is 0 Å². The van der Waals surface area contributed by atoms with Gasteiger partial charge in [-0.05, 0) is 26.7 Å². The molecule has 0 aromatic heterocycles. The van der Waals surface area contributed by atoms with Crippen LogP contribution in [0, 0.1) is 0 Å². The molecule has 116 valence electrons. The third-order valence-corrected chi connectivity index (χ3v) is 3.81. The Kier molecular flexibility index (Phi) is 6.78. The van der Waals surface area contributed by atoms with Gasteiger partial charge in [-0.15, -0.1) is 0 Å². The van der Waals surface area contributed by atoms with Crippen molar-refractivity contribution in [2.45, 2.75) is 32.7 Å². The van der Waals surface area contributed by atoms with Crippen molar-refractivity contribution in [2.24, 2.45) is 0 Å². The Labute approximate surface area is 122 Å². The fourth-order valence-electron chi connectivity index (χ4n) is 2.48. The summed E-state index contributed by atoms with van der Waals surface area (Å²) in [6.07, 6.45) is 1.82. The average molecular weight is 284 g/mol. The van der Waals surface area contributed by atoms with Gasteiger partial charge in [-0.25, -0.2) is 4.79 Å². The van der Waals surface area contributed by atoms with Gasteiger partial charge >= 0.3 is 6.03 Å². The Balaban J connectivity index is 2.29. The molecule has 6 heteroatoms. The molecule has 1 N–H and O–H groups in total. The van der Waals surface area contributed by atoms with Gasteiger partial charge in [0.1, 0.15) is 0 Å². The molecule has 1 fully saturated rings. The quantitative estimate of drug-likeness (QED) is 0.804. The van der Waals surface area contributed by atoms with Crippen molar-refractivity contribution >= 4 is 11.9 Å². The second kappa shape index (κ2) is 8.09. The number of amides is 3. The summed E-state index contributed by atoms with van der Waals surface area (Å²) in [5, 5.41) is 3.32. The topological polar surface area (TPSA) is 55.9 Å². The third kappa shape index (κ3) is 4.67. The smallest absolute Gasteiger partial charge is 0.319 e. The highest BCUT2D eigenvalue weighted by Crippen LogP contribution is 2.11. The molecule has 1 heterocycles. The van der Waals surface area contributed by atoms with Crippen molar-refractivity contribution in [2.75, 3.05) is 46.8 Å². The number of hydrogen-bond acceptors (Lipinski definition) is 3. The normalized spacial score (nSPS) is 16.1. The van der Waals surface area contributed by atoms with Gasteiger partial charge in [-0.3, -0.25) is 4.79 Å². The number of carbonyl (C=O) groups excluding carboxylic acids is 2. The number of likely N-dealkylation sites (tertiary alicyclic amines) is 1. The first kappa shape index (κ1) is 16.8. The Morgan fingerprint density at radius 1 is 1.15 bits per heavy atom. The molecule has 0 bridgehead atoms. The molecule has 0 aromatic carbocycles. The third-order valence-electron chi connectivity index (χ3n) is 3.81. The first-order valence-corrected chi connectivity index (χ1v) is 7.46. The lowest BCUT2D eigenvalue weighted by Gasteiger charge is -2.34. The second-order valence-corrected chi connectivity index (χ2v) is 5.39. The number of hydrogen-bond donors (Lipinski definition) is 1. The van der Waals surface area contributed by atoms with E-state index < -0.39 is 0 Å². The van der Waals surface area contributed by atoms with Crippen LogP contribution in [0.25, 0.3) is 0 Å². The molecule has 1 saturated heterocycles. The van der Waals surface area contributed by atoms with Gasteiger partial charge in [0.2, 0.25) is 5.91 Å². The number of carbonyl (C=O) groups is 2. The van der Waals surface area contributed by atoms with Crippen LogP contribution in [0.1, 0.15) is 26.7 Å². The predicted molar refractivity (Wildman–Crippen MR) is 79.6 cm³/mol. The van der Waals surface area contributed by atoms with Crippen LogP contribution in [0.2, 0.25) is 0 Å². The van der Waals surface area contributed by atoms with E-state index in [9.17, 15) is 9.59 Å². The lowest BCUT2D eigenvalue weighted by atomic mass is 10.1. The van der Waals surface area contributed by atoms with Gasteiger partial charge < -0.3 is 20.0 Å². The molecule has 1 rings (SSSR count). The summed E-state index contributed by atoms with van der Waals surface area (Å²) < 4.78 is 0. The molecule has 20 heavy (non-hydrogen) atoms. The number of likely N-dealkylation sites (N-methyl/N-ethyl adjacent to an activating group) is 1. The molecule has 1 aliphatic rings. The SMILES string of the molecule is CCN(CC)C(=O)CNC1CCN(C(=O)N(C)C)CC1. The molecule has 0 radical (unpaired) electrons. The summed E-state index contributed by atoms with van der Waals surface area (Å²) in [7, 11) is 3.55. The second-order valence-electron chi connectivity index (χ2n) is 5.39. The lowest BCUT2D eigenvalue weighted by Crippen LogP contribution is -2.49. The lowest BCUT2D eigenvalue weighted by molar-refractivity contribution is -0.130. The van der Waals surface area contributed by atoms with Crippen LogP contribution in [0.3, 0.4) is 0 Å². The Hall–Kier alpha value is -1.30. The van der Waals surface area contributed by atoms with Crippen molar-refractivity contribution in [3.63, 3.8) is 0 Å². The largest absolute Gasteiger partial charge is 0.342 e. The molecular formula is C14H28N4O2. The van der Waals surface area contributed by atoms with Crippen molar-refractivity contribution in [1.29, 1.82) is 0 Å². The maximum atomic E-state index is 11.9. The predicted octanol–water partition coefficient (Wildman–Crippen LogP) is 0.590. The van der Waals surface area contributed by atoms with Crippen molar-refractivity contribution in [1.82, 2.24) is 20.0 Å². The standard InChI is InChI=1S/C14H28N4O2/c1-5-17(6-2)13(19)11-15-12-7-9-18(10-8-12)14(20)16(3)4/h12,15H,5-11H2,1-4H3. The van der Waals surface area contributed by atoms with E-state index in [0.29, 0.717) is 12.6 Å². The first-order valence-electron chi connectivity index (χ1n) is 7.46.